The van der Waals surface area contributed by atoms with Crippen LogP contribution >= 0.6 is 0 Å². The molecule has 0 aromatic carbocycles. The highest BCUT2D eigenvalue weighted by molar-refractivity contribution is 4.99. The molecule has 1 N–H and O–H groups in total. The van der Waals surface area contributed by atoms with Gasteiger partial charge in [0.1, 0.15) is 0 Å². The van der Waals surface area contributed by atoms with E-state index in [0.717, 1.165) is 25.2 Å². The fourth-order valence-corrected chi connectivity index (χ4v) is 1.72. The first-order valence-electron chi connectivity index (χ1n) is 6.89. The van der Waals surface area contributed by atoms with Crippen molar-refractivity contribution < 1.29 is 0 Å². The molecule has 0 radical (unpaired) electrons. The van der Waals surface area contributed by atoms with Crippen LogP contribution < -0.4 is 5.32 Å². The molecule has 1 heterocycles. The lowest BCUT2D eigenvalue weighted by Crippen LogP contribution is -2.35. The van der Waals surface area contributed by atoms with Gasteiger partial charge in [-0.25, -0.2) is 0 Å². The van der Waals surface area contributed by atoms with Crippen LogP contribution in [0.25, 0.3) is 0 Å². The van der Waals surface area contributed by atoms with Crippen molar-refractivity contribution in [3.63, 3.8) is 0 Å². The van der Waals surface area contributed by atoms with Crippen LogP contribution in [0.1, 0.15) is 52.1 Å². The van der Waals surface area contributed by atoms with Gasteiger partial charge in [0.15, 0.2) is 0 Å². The van der Waals surface area contributed by atoms with E-state index in [1.807, 2.05) is 10.8 Å². The molecule has 102 valence electrons. The molecule has 0 atom stereocenters. The van der Waals surface area contributed by atoms with Crippen LogP contribution in [0.2, 0.25) is 0 Å². The van der Waals surface area contributed by atoms with E-state index < -0.39 is 0 Å². The molecule has 0 unspecified atom stereocenters. The third-order valence-corrected chi connectivity index (χ3v) is 2.79. The summed E-state index contributed by atoms with van der Waals surface area (Å²) in [6.45, 7) is 12.1. The molecule has 0 amide bonds. The van der Waals surface area contributed by atoms with Crippen LogP contribution in [0, 0.1) is 0 Å². The Morgan fingerprint density at radius 3 is 2.78 bits per heavy atom. The number of hydrogen-bond acceptors (Lipinski definition) is 2. The number of unbranched alkanes of at least 4 members (excludes halogenated alkanes) is 3. The van der Waals surface area contributed by atoms with Crippen molar-refractivity contribution in [3.05, 3.63) is 30.6 Å². The molecule has 0 fully saturated rings. The zero-order valence-electron chi connectivity index (χ0n) is 12.1. The van der Waals surface area contributed by atoms with Crippen LogP contribution in [0.5, 0.6) is 0 Å². The summed E-state index contributed by atoms with van der Waals surface area (Å²) in [6, 6.07) is 2.10. The Hall–Kier alpha value is -1.09. The fraction of sp³-hybridized carbons (Fsp3) is 0.667. The zero-order chi connectivity index (χ0) is 13.4. The number of allylic oxidation sites excluding steroid dienone is 1. The molecule has 1 aromatic heterocycles. The van der Waals surface area contributed by atoms with Gasteiger partial charge < -0.3 is 5.32 Å². The van der Waals surface area contributed by atoms with Crippen molar-refractivity contribution in [2.45, 2.75) is 65.1 Å². The quantitative estimate of drug-likeness (QED) is 0.564. The summed E-state index contributed by atoms with van der Waals surface area (Å²) in [6.07, 6.45) is 8.88. The molecule has 0 bridgehead atoms. The van der Waals surface area contributed by atoms with Crippen molar-refractivity contribution in [2.24, 2.45) is 0 Å². The summed E-state index contributed by atoms with van der Waals surface area (Å²) >= 11 is 0. The van der Waals surface area contributed by atoms with Gasteiger partial charge in [-0.05, 0) is 46.1 Å². The van der Waals surface area contributed by atoms with E-state index in [1.54, 1.807) is 0 Å². The normalized spacial score (nSPS) is 11.7. The number of nitrogens with one attached hydrogen (secondary N) is 1. The zero-order valence-corrected chi connectivity index (χ0v) is 12.1. The minimum absolute atomic E-state index is 0.147. The van der Waals surface area contributed by atoms with Crippen LogP contribution in [0.3, 0.4) is 0 Å². The van der Waals surface area contributed by atoms with Crippen LogP contribution in [0.15, 0.2) is 24.9 Å². The van der Waals surface area contributed by atoms with E-state index in [9.17, 15) is 0 Å². The number of rotatable bonds is 8. The lowest BCUT2D eigenvalue weighted by Gasteiger charge is -2.19. The van der Waals surface area contributed by atoms with Gasteiger partial charge in [-0.2, -0.15) is 5.10 Å². The smallest absolute Gasteiger partial charge is 0.0762 e. The standard InChI is InChI=1S/C15H27N3/c1-5-6-7-8-9-11-18-12-10-14(17-18)13-16-15(2,3)4/h5,10,12,16H,1,6-9,11,13H2,2-4H3. The van der Waals surface area contributed by atoms with E-state index >= 15 is 0 Å². The second-order valence-electron chi connectivity index (χ2n) is 5.81. The predicted octanol–water partition coefficient (Wildman–Crippen LogP) is 3.52. The summed E-state index contributed by atoms with van der Waals surface area (Å²) < 4.78 is 2.05. The average Bonchev–Trinajstić information content (AvgIpc) is 2.73. The highest BCUT2D eigenvalue weighted by atomic mass is 15.3. The van der Waals surface area contributed by atoms with Gasteiger partial charge in [-0.3, -0.25) is 4.68 Å². The molecule has 1 rings (SSSR count). The van der Waals surface area contributed by atoms with E-state index in [1.165, 1.54) is 19.3 Å². The molecular weight excluding hydrogens is 222 g/mol. The van der Waals surface area contributed by atoms with Crippen molar-refractivity contribution in [1.29, 1.82) is 0 Å². The minimum atomic E-state index is 0.147. The van der Waals surface area contributed by atoms with E-state index in [-0.39, 0.29) is 5.54 Å². The molecule has 3 nitrogen and oxygen atoms in total. The van der Waals surface area contributed by atoms with Gasteiger partial charge in [0.25, 0.3) is 0 Å². The highest BCUT2D eigenvalue weighted by Crippen LogP contribution is 2.05. The Labute approximate surface area is 111 Å². The number of hydrogen-bond donors (Lipinski definition) is 1. The Morgan fingerprint density at radius 1 is 1.33 bits per heavy atom. The third-order valence-electron chi connectivity index (χ3n) is 2.79. The lowest BCUT2D eigenvalue weighted by atomic mass is 10.1. The average molecular weight is 249 g/mol. The SMILES string of the molecule is C=CCCCCCn1ccc(CNC(C)(C)C)n1. The maximum absolute atomic E-state index is 4.57. The topological polar surface area (TPSA) is 29.9 Å². The number of aryl methyl sites for hydroxylation is 1. The molecule has 3 heteroatoms. The molecule has 0 aliphatic heterocycles. The predicted molar refractivity (Wildman–Crippen MR) is 77.5 cm³/mol. The van der Waals surface area contributed by atoms with E-state index in [2.05, 4.69) is 50.0 Å². The van der Waals surface area contributed by atoms with Crippen LogP contribution in [0.4, 0.5) is 0 Å². The Morgan fingerprint density at radius 2 is 2.11 bits per heavy atom. The summed E-state index contributed by atoms with van der Waals surface area (Å²) in [5, 5.41) is 8.01. The van der Waals surface area contributed by atoms with E-state index in [4.69, 9.17) is 0 Å². The molecule has 0 saturated carbocycles. The summed E-state index contributed by atoms with van der Waals surface area (Å²) in [5.74, 6) is 0. The maximum Gasteiger partial charge on any atom is 0.0762 e. The first-order valence-corrected chi connectivity index (χ1v) is 6.89. The fourth-order valence-electron chi connectivity index (χ4n) is 1.72. The molecule has 0 spiro atoms. The summed E-state index contributed by atoms with van der Waals surface area (Å²) in [7, 11) is 0. The maximum atomic E-state index is 4.57. The van der Waals surface area contributed by atoms with Gasteiger partial charge >= 0.3 is 0 Å². The van der Waals surface area contributed by atoms with Gasteiger partial charge in [0.2, 0.25) is 0 Å². The van der Waals surface area contributed by atoms with Gasteiger partial charge in [-0.15, -0.1) is 6.58 Å². The Kier molecular flexibility index (Phi) is 6.13. The summed E-state index contributed by atoms with van der Waals surface area (Å²) in [5.41, 5.74) is 1.27. The van der Waals surface area contributed by atoms with Crippen LogP contribution in [-0.4, -0.2) is 15.3 Å². The third kappa shape index (κ3) is 6.60. The molecule has 18 heavy (non-hydrogen) atoms. The second kappa shape index (κ2) is 7.37. The van der Waals surface area contributed by atoms with E-state index in [0.29, 0.717) is 0 Å². The van der Waals surface area contributed by atoms with Gasteiger partial charge in [0, 0.05) is 24.8 Å². The molecule has 1 aromatic rings. The first-order chi connectivity index (χ1) is 8.51. The Bertz CT molecular complexity index is 347. The Balaban J connectivity index is 2.23. The molecule has 0 aliphatic carbocycles. The first kappa shape index (κ1) is 15.0. The van der Waals surface area contributed by atoms with Gasteiger partial charge in [0.05, 0.1) is 5.69 Å². The molecule has 0 aliphatic rings. The highest BCUT2D eigenvalue weighted by Gasteiger charge is 2.09. The molecule has 0 saturated heterocycles. The van der Waals surface area contributed by atoms with Gasteiger partial charge in [-0.1, -0.05) is 12.5 Å². The summed E-state index contributed by atoms with van der Waals surface area (Å²) in [4.78, 5) is 0. The van der Waals surface area contributed by atoms with Crippen molar-refractivity contribution >= 4 is 0 Å². The van der Waals surface area contributed by atoms with Crippen molar-refractivity contribution in [2.75, 3.05) is 0 Å². The largest absolute Gasteiger partial charge is 0.306 e. The molecular formula is C15H27N3. The van der Waals surface area contributed by atoms with Crippen LogP contribution in [-0.2, 0) is 13.1 Å². The van der Waals surface area contributed by atoms with Crippen molar-refractivity contribution in [3.8, 4) is 0 Å². The lowest BCUT2D eigenvalue weighted by molar-refractivity contribution is 0.418. The monoisotopic (exact) mass is 249 g/mol. The van der Waals surface area contributed by atoms with Crippen molar-refractivity contribution in [1.82, 2.24) is 15.1 Å². The number of nitrogens with zero attached hydrogens (tertiary/aromatic N) is 2. The second-order valence-corrected chi connectivity index (χ2v) is 5.81. The number of aromatic nitrogens is 2. The minimum Gasteiger partial charge on any atom is -0.306 e.